The van der Waals surface area contributed by atoms with Gasteiger partial charge in [0.1, 0.15) is 0 Å². The molecule has 0 saturated carbocycles. The van der Waals surface area contributed by atoms with Crippen LogP contribution in [0.5, 0.6) is 0 Å². The third-order valence-corrected chi connectivity index (χ3v) is 5.06. The fraction of sp³-hybridized carbons (Fsp3) is 0.409. The normalized spacial score (nSPS) is 14.8. The van der Waals surface area contributed by atoms with Gasteiger partial charge in [-0.25, -0.2) is 0 Å². The minimum Gasteiger partial charge on any atom is -0.378 e. The maximum atomic E-state index is 12.3. The standard InChI is InChI=1S/C22H30N4O/c1-24(2)21-11-6-8-19(18-21)22(27)23-12-7-13-25-14-16-26(17-15-25)20-9-4-3-5-10-20/h3-6,8-11,18H,7,12-17H2,1-2H3,(H,23,27). The molecule has 1 N–H and O–H groups in total. The van der Waals surface area contributed by atoms with Crippen LogP contribution in [0, 0.1) is 0 Å². The van der Waals surface area contributed by atoms with E-state index in [1.165, 1.54) is 5.69 Å². The molecule has 2 aromatic rings. The largest absolute Gasteiger partial charge is 0.378 e. The van der Waals surface area contributed by atoms with Gasteiger partial charge in [-0.2, -0.15) is 0 Å². The van der Waals surface area contributed by atoms with Crippen LogP contribution in [0.2, 0.25) is 0 Å². The first kappa shape index (κ1) is 19.2. The lowest BCUT2D eigenvalue weighted by Gasteiger charge is -2.36. The number of piperazine rings is 1. The van der Waals surface area contributed by atoms with Crippen LogP contribution >= 0.6 is 0 Å². The van der Waals surface area contributed by atoms with Gasteiger partial charge in [0.15, 0.2) is 0 Å². The maximum absolute atomic E-state index is 12.3. The highest BCUT2D eigenvalue weighted by Gasteiger charge is 2.16. The molecule has 144 valence electrons. The molecule has 0 atom stereocenters. The number of carbonyl (C=O) groups is 1. The van der Waals surface area contributed by atoms with E-state index in [2.05, 4.69) is 45.4 Å². The second kappa shape index (κ2) is 9.42. The van der Waals surface area contributed by atoms with E-state index in [0.717, 1.165) is 50.4 Å². The summed E-state index contributed by atoms with van der Waals surface area (Å²) in [6.45, 7) is 6.02. The summed E-state index contributed by atoms with van der Waals surface area (Å²) in [7, 11) is 3.96. The molecule has 5 heteroatoms. The molecule has 1 aliphatic rings. The number of hydrogen-bond donors (Lipinski definition) is 1. The van der Waals surface area contributed by atoms with Crippen LogP contribution in [0.15, 0.2) is 54.6 Å². The van der Waals surface area contributed by atoms with E-state index in [1.807, 2.05) is 43.3 Å². The van der Waals surface area contributed by atoms with Gasteiger partial charge < -0.3 is 15.1 Å². The molecule has 2 aromatic carbocycles. The van der Waals surface area contributed by atoms with Gasteiger partial charge in [0, 0.05) is 63.8 Å². The van der Waals surface area contributed by atoms with Crippen molar-refractivity contribution in [2.45, 2.75) is 6.42 Å². The summed E-state index contributed by atoms with van der Waals surface area (Å²) >= 11 is 0. The van der Waals surface area contributed by atoms with Crippen molar-refractivity contribution in [3.8, 4) is 0 Å². The maximum Gasteiger partial charge on any atom is 0.251 e. The molecule has 0 aromatic heterocycles. The molecule has 3 rings (SSSR count). The number of para-hydroxylation sites is 1. The summed E-state index contributed by atoms with van der Waals surface area (Å²) in [6, 6.07) is 18.3. The lowest BCUT2D eigenvalue weighted by molar-refractivity contribution is 0.0951. The molecule has 0 unspecified atom stereocenters. The minimum absolute atomic E-state index is 0.00703. The van der Waals surface area contributed by atoms with E-state index in [1.54, 1.807) is 0 Å². The van der Waals surface area contributed by atoms with Gasteiger partial charge in [0.25, 0.3) is 5.91 Å². The van der Waals surface area contributed by atoms with Gasteiger partial charge >= 0.3 is 0 Å². The molecule has 1 amide bonds. The Morgan fingerprint density at radius 2 is 1.74 bits per heavy atom. The van der Waals surface area contributed by atoms with Crippen LogP contribution in [0.1, 0.15) is 16.8 Å². The van der Waals surface area contributed by atoms with Gasteiger partial charge in [-0.05, 0) is 43.3 Å². The summed E-state index contributed by atoms with van der Waals surface area (Å²) in [4.78, 5) is 19.3. The highest BCUT2D eigenvalue weighted by Crippen LogP contribution is 2.16. The zero-order valence-electron chi connectivity index (χ0n) is 16.4. The predicted octanol–water partition coefficient (Wildman–Crippen LogP) is 2.69. The number of benzene rings is 2. The highest BCUT2D eigenvalue weighted by atomic mass is 16.1. The zero-order chi connectivity index (χ0) is 19.1. The fourth-order valence-corrected chi connectivity index (χ4v) is 3.40. The Hall–Kier alpha value is -2.53. The third kappa shape index (κ3) is 5.47. The number of hydrogen-bond acceptors (Lipinski definition) is 4. The van der Waals surface area contributed by atoms with Gasteiger partial charge in [-0.15, -0.1) is 0 Å². The molecular formula is C22H30N4O. The predicted molar refractivity (Wildman–Crippen MR) is 113 cm³/mol. The van der Waals surface area contributed by atoms with Crippen molar-refractivity contribution in [3.05, 3.63) is 60.2 Å². The smallest absolute Gasteiger partial charge is 0.251 e. The minimum atomic E-state index is 0.00703. The van der Waals surface area contributed by atoms with E-state index in [0.29, 0.717) is 6.54 Å². The molecule has 5 nitrogen and oxygen atoms in total. The third-order valence-electron chi connectivity index (χ3n) is 5.06. The summed E-state index contributed by atoms with van der Waals surface area (Å²) in [5, 5.41) is 3.04. The Labute approximate surface area is 162 Å². The van der Waals surface area contributed by atoms with Crippen molar-refractivity contribution in [2.75, 3.05) is 63.2 Å². The number of nitrogens with zero attached hydrogens (tertiary/aromatic N) is 3. The summed E-state index contributed by atoms with van der Waals surface area (Å²) < 4.78 is 0. The molecule has 0 spiro atoms. The lowest BCUT2D eigenvalue weighted by Crippen LogP contribution is -2.47. The van der Waals surface area contributed by atoms with Gasteiger partial charge in [-0.3, -0.25) is 9.69 Å². The molecule has 1 fully saturated rings. The van der Waals surface area contributed by atoms with Crippen LogP contribution in [0.25, 0.3) is 0 Å². The number of rotatable bonds is 7. The number of carbonyl (C=O) groups excluding carboxylic acids is 1. The van der Waals surface area contributed by atoms with Gasteiger partial charge in [0.05, 0.1) is 0 Å². The summed E-state index contributed by atoms with van der Waals surface area (Å²) in [6.07, 6.45) is 0.977. The highest BCUT2D eigenvalue weighted by molar-refractivity contribution is 5.95. The van der Waals surface area contributed by atoms with Crippen molar-refractivity contribution in [2.24, 2.45) is 0 Å². The molecule has 0 radical (unpaired) electrons. The van der Waals surface area contributed by atoms with Crippen molar-refractivity contribution in [1.82, 2.24) is 10.2 Å². The molecule has 0 bridgehead atoms. The van der Waals surface area contributed by atoms with Crippen molar-refractivity contribution < 1.29 is 4.79 Å². The number of anilines is 2. The van der Waals surface area contributed by atoms with E-state index in [4.69, 9.17) is 0 Å². The van der Waals surface area contributed by atoms with Crippen molar-refractivity contribution in [3.63, 3.8) is 0 Å². The molecule has 0 aliphatic carbocycles. The topological polar surface area (TPSA) is 38.8 Å². The zero-order valence-corrected chi connectivity index (χ0v) is 16.4. The Balaban J connectivity index is 1.36. The van der Waals surface area contributed by atoms with E-state index >= 15 is 0 Å². The molecule has 1 heterocycles. The lowest BCUT2D eigenvalue weighted by atomic mass is 10.2. The number of nitrogens with one attached hydrogen (secondary N) is 1. The molecular weight excluding hydrogens is 336 g/mol. The summed E-state index contributed by atoms with van der Waals surface area (Å²) in [5.74, 6) is 0.00703. The molecule has 1 saturated heterocycles. The summed E-state index contributed by atoms with van der Waals surface area (Å²) in [5.41, 5.74) is 3.07. The van der Waals surface area contributed by atoms with E-state index in [-0.39, 0.29) is 5.91 Å². The van der Waals surface area contributed by atoms with Crippen LogP contribution < -0.4 is 15.1 Å². The molecule has 27 heavy (non-hydrogen) atoms. The SMILES string of the molecule is CN(C)c1cccc(C(=O)NCCCN2CCN(c3ccccc3)CC2)c1. The van der Waals surface area contributed by atoms with Gasteiger partial charge in [0.2, 0.25) is 0 Å². The molecule has 1 aliphatic heterocycles. The first-order chi connectivity index (χ1) is 13.1. The Kier molecular flexibility index (Phi) is 6.71. The second-order valence-corrected chi connectivity index (χ2v) is 7.22. The Morgan fingerprint density at radius 1 is 1.00 bits per heavy atom. The van der Waals surface area contributed by atoms with E-state index in [9.17, 15) is 4.79 Å². The van der Waals surface area contributed by atoms with Crippen LogP contribution in [0.4, 0.5) is 11.4 Å². The first-order valence-corrected chi connectivity index (χ1v) is 9.71. The average Bonchev–Trinajstić information content (AvgIpc) is 2.72. The van der Waals surface area contributed by atoms with Gasteiger partial charge in [-0.1, -0.05) is 24.3 Å². The quantitative estimate of drug-likeness (QED) is 0.765. The number of amides is 1. The van der Waals surface area contributed by atoms with Crippen molar-refractivity contribution >= 4 is 17.3 Å². The van der Waals surface area contributed by atoms with E-state index < -0.39 is 0 Å². The van der Waals surface area contributed by atoms with Crippen LogP contribution in [-0.4, -0.2) is 64.2 Å². The Morgan fingerprint density at radius 3 is 2.44 bits per heavy atom. The Bertz CT molecular complexity index is 724. The van der Waals surface area contributed by atoms with Crippen LogP contribution in [0.3, 0.4) is 0 Å². The van der Waals surface area contributed by atoms with Crippen molar-refractivity contribution in [1.29, 1.82) is 0 Å². The van der Waals surface area contributed by atoms with Crippen LogP contribution in [-0.2, 0) is 0 Å². The second-order valence-electron chi connectivity index (χ2n) is 7.22. The monoisotopic (exact) mass is 366 g/mol. The first-order valence-electron chi connectivity index (χ1n) is 9.71. The average molecular weight is 367 g/mol. The fourth-order valence-electron chi connectivity index (χ4n) is 3.40.